The lowest BCUT2D eigenvalue weighted by Gasteiger charge is -2.18. The number of carbonyl (C=O) groups is 2. The molecule has 2 aromatic carbocycles. The van der Waals surface area contributed by atoms with Crippen LogP contribution in [0.15, 0.2) is 60.9 Å². The summed E-state index contributed by atoms with van der Waals surface area (Å²) in [5.41, 5.74) is 3.54. The second-order valence-corrected chi connectivity index (χ2v) is 8.61. The third-order valence-electron chi connectivity index (χ3n) is 6.21. The van der Waals surface area contributed by atoms with Gasteiger partial charge in [0, 0.05) is 36.5 Å². The Morgan fingerprint density at radius 3 is 2.60 bits per heavy atom. The van der Waals surface area contributed by atoms with E-state index in [0.29, 0.717) is 30.9 Å². The van der Waals surface area contributed by atoms with Gasteiger partial charge < -0.3 is 15.0 Å². The number of ether oxygens (including phenoxy) is 1. The third-order valence-corrected chi connectivity index (χ3v) is 6.21. The van der Waals surface area contributed by atoms with Crippen molar-refractivity contribution >= 4 is 23.3 Å². The zero-order valence-corrected chi connectivity index (χ0v) is 19.6. The van der Waals surface area contributed by atoms with E-state index in [4.69, 9.17) is 4.74 Å². The molecular formula is C26H26N6O3. The Kier molecular flexibility index (Phi) is 6.13. The lowest BCUT2D eigenvalue weighted by Crippen LogP contribution is -2.37. The summed E-state index contributed by atoms with van der Waals surface area (Å²) >= 11 is 0. The van der Waals surface area contributed by atoms with E-state index in [1.807, 2.05) is 68.4 Å². The van der Waals surface area contributed by atoms with E-state index in [-0.39, 0.29) is 24.3 Å². The number of aryl methyl sites for hydroxylation is 2. The van der Waals surface area contributed by atoms with Crippen LogP contribution >= 0.6 is 0 Å². The van der Waals surface area contributed by atoms with E-state index in [0.717, 1.165) is 28.4 Å². The van der Waals surface area contributed by atoms with Crippen LogP contribution < -0.4 is 15.0 Å². The zero-order chi connectivity index (χ0) is 24.4. The average molecular weight is 471 g/mol. The molecule has 0 aliphatic carbocycles. The van der Waals surface area contributed by atoms with Gasteiger partial charge in [-0.2, -0.15) is 10.1 Å². The second kappa shape index (κ2) is 9.54. The van der Waals surface area contributed by atoms with Gasteiger partial charge in [0.25, 0.3) is 5.78 Å². The summed E-state index contributed by atoms with van der Waals surface area (Å²) in [6.45, 7) is 4.31. The van der Waals surface area contributed by atoms with Crippen molar-refractivity contribution in [2.24, 2.45) is 0 Å². The van der Waals surface area contributed by atoms with Crippen LogP contribution in [0.2, 0.25) is 0 Å². The number of carbonyl (C=O) groups excluding carboxylic acids is 2. The fraction of sp³-hybridized carbons (Fsp3) is 0.269. The van der Waals surface area contributed by atoms with Gasteiger partial charge >= 0.3 is 0 Å². The predicted octanol–water partition coefficient (Wildman–Crippen LogP) is 3.39. The normalized spacial score (nSPS) is 15.5. The molecule has 9 nitrogen and oxygen atoms in total. The fourth-order valence-corrected chi connectivity index (χ4v) is 4.43. The Bertz CT molecular complexity index is 1370. The van der Waals surface area contributed by atoms with E-state index in [1.54, 1.807) is 9.42 Å². The maximum atomic E-state index is 12.7. The molecule has 178 valence electrons. The van der Waals surface area contributed by atoms with E-state index in [1.165, 1.54) is 6.33 Å². The first-order valence-electron chi connectivity index (χ1n) is 11.6. The molecule has 0 saturated carbocycles. The van der Waals surface area contributed by atoms with Gasteiger partial charge in [0.05, 0.1) is 6.04 Å². The van der Waals surface area contributed by atoms with Crippen molar-refractivity contribution in [3.63, 3.8) is 0 Å². The van der Waals surface area contributed by atoms with Gasteiger partial charge in [-0.05, 0) is 62.2 Å². The molecule has 2 aromatic heterocycles. The number of anilines is 1. The van der Waals surface area contributed by atoms with Crippen molar-refractivity contribution in [2.75, 3.05) is 11.4 Å². The van der Waals surface area contributed by atoms with Crippen LogP contribution in [0.4, 0.5) is 5.69 Å². The molecule has 1 fully saturated rings. The lowest BCUT2D eigenvalue weighted by atomic mass is 10.1. The number of fused-ring (bicyclic) bond motifs is 1. The Balaban J connectivity index is 1.17. The highest BCUT2D eigenvalue weighted by atomic mass is 16.5. The first-order valence-corrected chi connectivity index (χ1v) is 11.6. The van der Waals surface area contributed by atoms with Crippen molar-refractivity contribution < 1.29 is 14.3 Å². The van der Waals surface area contributed by atoms with Crippen LogP contribution in [0, 0.1) is 13.8 Å². The summed E-state index contributed by atoms with van der Waals surface area (Å²) in [6, 6.07) is 16.7. The summed E-state index contributed by atoms with van der Waals surface area (Å²) in [7, 11) is 0. The topological polar surface area (TPSA) is 102 Å². The monoisotopic (exact) mass is 470 g/mol. The number of aromatic nitrogens is 4. The number of benzene rings is 2. The number of nitrogens with one attached hydrogen (secondary N) is 1. The molecular weight excluding hydrogens is 444 g/mol. The molecule has 1 unspecified atom stereocenters. The SMILES string of the molecule is Cc1nc2ncnn2c(C)c1CCC(=O)NC1CC(=O)N(c2ccc(Oc3ccccc3)cc2)C1. The highest BCUT2D eigenvalue weighted by Gasteiger charge is 2.31. The largest absolute Gasteiger partial charge is 0.457 e. The summed E-state index contributed by atoms with van der Waals surface area (Å²) < 4.78 is 7.51. The number of hydrogen-bond donors (Lipinski definition) is 1. The molecule has 35 heavy (non-hydrogen) atoms. The molecule has 5 rings (SSSR count). The molecule has 1 aliphatic heterocycles. The van der Waals surface area contributed by atoms with E-state index in [2.05, 4.69) is 20.4 Å². The molecule has 0 spiro atoms. The van der Waals surface area contributed by atoms with Crippen molar-refractivity contribution in [3.8, 4) is 11.5 Å². The molecule has 0 radical (unpaired) electrons. The van der Waals surface area contributed by atoms with Crippen LogP contribution in [0.5, 0.6) is 11.5 Å². The van der Waals surface area contributed by atoms with Crippen LogP contribution in [0.25, 0.3) is 5.78 Å². The summed E-state index contributed by atoms with van der Waals surface area (Å²) in [5, 5.41) is 7.21. The minimum Gasteiger partial charge on any atom is -0.457 e. The number of rotatable bonds is 7. The first-order chi connectivity index (χ1) is 17.0. The molecule has 2 amide bonds. The molecule has 1 saturated heterocycles. The van der Waals surface area contributed by atoms with Crippen molar-refractivity contribution in [1.82, 2.24) is 24.9 Å². The minimum atomic E-state index is -0.228. The van der Waals surface area contributed by atoms with Crippen molar-refractivity contribution in [1.29, 1.82) is 0 Å². The molecule has 1 atom stereocenters. The molecule has 1 aliphatic rings. The number of para-hydroxylation sites is 1. The quantitative estimate of drug-likeness (QED) is 0.444. The Hall–Kier alpha value is -4.27. The average Bonchev–Trinajstić information content (AvgIpc) is 3.46. The van der Waals surface area contributed by atoms with Crippen molar-refractivity contribution in [2.45, 2.75) is 39.2 Å². The van der Waals surface area contributed by atoms with Crippen LogP contribution in [-0.4, -0.2) is 44.0 Å². The number of amides is 2. The molecule has 1 N–H and O–H groups in total. The van der Waals surface area contributed by atoms with Crippen molar-refractivity contribution in [3.05, 3.63) is 77.9 Å². The smallest absolute Gasteiger partial charge is 0.252 e. The van der Waals surface area contributed by atoms with Gasteiger partial charge in [0.15, 0.2) is 0 Å². The summed E-state index contributed by atoms with van der Waals surface area (Å²) in [6.07, 6.45) is 2.59. The fourth-order valence-electron chi connectivity index (χ4n) is 4.43. The van der Waals surface area contributed by atoms with Crippen LogP contribution in [-0.2, 0) is 16.0 Å². The van der Waals surface area contributed by atoms with Gasteiger partial charge in [-0.15, -0.1) is 0 Å². The maximum absolute atomic E-state index is 12.7. The minimum absolute atomic E-state index is 0.0143. The lowest BCUT2D eigenvalue weighted by molar-refractivity contribution is -0.121. The Morgan fingerprint density at radius 1 is 1.09 bits per heavy atom. The Morgan fingerprint density at radius 2 is 1.83 bits per heavy atom. The standard InChI is InChI=1S/C26H26N6O3/c1-17-23(18(2)32-26(29-17)27-16-28-32)12-13-24(33)30-19-14-25(34)31(15-19)20-8-10-22(11-9-20)35-21-6-4-3-5-7-21/h3-11,16,19H,12-15H2,1-2H3,(H,30,33). The predicted molar refractivity (Wildman–Crippen MR) is 130 cm³/mol. The molecule has 0 bridgehead atoms. The first kappa shape index (κ1) is 22.5. The highest BCUT2D eigenvalue weighted by Crippen LogP contribution is 2.27. The van der Waals surface area contributed by atoms with E-state index >= 15 is 0 Å². The van der Waals surface area contributed by atoms with Gasteiger partial charge in [0.1, 0.15) is 17.8 Å². The molecule has 4 aromatic rings. The van der Waals surface area contributed by atoms with Gasteiger partial charge in [0.2, 0.25) is 11.8 Å². The summed E-state index contributed by atoms with van der Waals surface area (Å²) in [4.78, 5) is 35.6. The second-order valence-electron chi connectivity index (χ2n) is 8.61. The highest BCUT2D eigenvalue weighted by molar-refractivity contribution is 5.96. The number of hydrogen-bond acceptors (Lipinski definition) is 6. The zero-order valence-electron chi connectivity index (χ0n) is 19.6. The van der Waals surface area contributed by atoms with Gasteiger partial charge in [-0.25, -0.2) is 9.50 Å². The molecule has 3 heterocycles. The summed E-state index contributed by atoms with van der Waals surface area (Å²) in [5.74, 6) is 1.90. The maximum Gasteiger partial charge on any atom is 0.252 e. The third kappa shape index (κ3) is 4.84. The van der Waals surface area contributed by atoms with Crippen LogP contribution in [0.1, 0.15) is 29.8 Å². The van der Waals surface area contributed by atoms with E-state index in [9.17, 15) is 9.59 Å². The number of nitrogens with zero attached hydrogens (tertiary/aromatic N) is 5. The Labute approximate surface area is 202 Å². The van der Waals surface area contributed by atoms with Gasteiger partial charge in [-0.3, -0.25) is 9.59 Å². The van der Waals surface area contributed by atoms with Crippen LogP contribution in [0.3, 0.4) is 0 Å². The van der Waals surface area contributed by atoms with Gasteiger partial charge in [-0.1, -0.05) is 18.2 Å². The van der Waals surface area contributed by atoms with E-state index < -0.39 is 0 Å². The molecule has 9 heteroatoms.